The Morgan fingerprint density at radius 2 is 1.88 bits per heavy atom. The fourth-order valence-electron chi connectivity index (χ4n) is 1.95. The second-order valence-electron chi connectivity index (χ2n) is 5.18. The monoisotopic (exact) mass is 372 g/mol. The number of halogens is 3. The van der Waals surface area contributed by atoms with Crippen molar-refractivity contribution in [2.45, 2.75) is 12.8 Å². The molecule has 0 saturated heterocycles. The molecule has 0 fully saturated rings. The number of benzene rings is 1. The molecular weight excluding hydrogens is 357 g/mol. The zero-order valence-electron chi connectivity index (χ0n) is 13.2. The number of anilines is 1. The molecule has 1 N–H and O–H groups in total. The maximum atomic E-state index is 12.1. The maximum Gasteiger partial charge on any atom is 0.573 e. The number of amides is 2. The van der Waals surface area contributed by atoms with Crippen LogP contribution >= 0.6 is 11.3 Å². The van der Waals surface area contributed by atoms with Gasteiger partial charge in [0.05, 0.1) is 13.0 Å². The summed E-state index contributed by atoms with van der Waals surface area (Å²) in [6.45, 7) is -0.163. The lowest BCUT2D eigenvalue weighted by molar-refractivity contribution is -0.274. The smallest absolute Gasteiger partial charge is 0.406 e. The molecular formula is C16H15F3N2O3S. The van der Waals surface area contributed by atoms with Gasteiger partial charge in [-0.05, 0) is 46.7 Å². The van der Waals surface area contributed by atoms with E-state index in [0.29, 0.717) is 5.69 Å². The van der Waals surface area contributed by atoms with E-state index in [1.54, 1.807) is 0 Å². The first-order valence-electron chi connectivity index (χ1n) is 7.13. The number of carbonyl (C=O) groups excluding carboxylic acids is 2. The normalized spacial score (nSPS) is 11.0. The molecule has 9 heteroatoms. The van der Waals surface area contributed by atoms with Gasteiger partial charge in [0.25, 0.3) is 0 Å². The number of nitrogens with zero attached hydrogens (tertiary/aromatic N) is 1. The molecule has 1 heterocycles. The van der Waals surface area contributed by atoms with Gasteiger partial charge in [-0.25, -0.2) is 0 Å². The number of hydrogen-bond acceptors (Lipinski definition) is 4. The molecule has 0 aliphatic heterocycles. The zero-order valence-corrected chi connectivity index (χ0v) is 14.0. The third-order valence-electron chi connectivity index (χ3n) is 3.11. The Morgan fingerprint density at radius 1 is 1.20 bits per heavy atom. The lowest BCUT2D eigenvalue weighted by atomic mass is 10.2. The number of thiophene rings is 1. The topological polar surface area (TPSA) is 58.6 Å². The molecule has 0 atom stereocenters. The highest BCUT2D eigenvalue weighted by Crippen LogP contribution is 2.23. The first-order valence-corrected chi connectivity index (χ1v) is 8.08. The highest BCUT2D eigenvalue weighted by molar-refractivity contribution is 7.08. The van der Waals surface area contributed by atoms with Crippen molar-refractivity contribution in [1.29, 1.82) is 0 Å². The number of likely N-dealkylation sites (N-methyl/N-ethyl adjacent to an activating group) is 1. The molecule has 0 aliphatic rings. The first-order chi connectivity index (χ1) is 11.7. The predicted octanol–water partition coefficient (Wildman–Crippen LogP) is 3.29. The highest BCUT2D eigenvalue weighted by Gasteiger charge is 2.30. The van der Waals surface area contributed by atoms with Gasteiger partial charge in [-0.3, -0.25) is 9.59 Å². The van der Waals surface area contributed by atoms with Crippen LogP contribution in [-0.2, 0) is 16.0 Å². The molecule has 2 aromatic rings. The summed E-state index contributed by atoms with van der Waals surface area (Å²) in [7, 11) is 1.51. The van der Waals surface area contributed by atoms with Gasteiger partial charge in [0.1, 0.15) is 5.75 Å². The molecule has 0 unspecified atom stereocenters. The van der Waals surface area contributed by atoms with Crippen molar-refractivity contribution in [2.75, 3.05) is 18.9 Å². The summed E-state index contributed by atoms with van der Waals surface area (Å²) >= 11 is 1.48. The minimum atomic E-state index is -4.77. The number of ether oxygens (including phenoxy) is 1. The largest absolute Gasteiger partial charge is 0.573 e. The van der Waals surface area contributed by atoms with E-state index in [9.17, 15) is 22.8 Å². The van der Waals surface area contributed by atoms with Gasteiger partial charge < -0.3 is 15.0 Å². The lowest BCUT2D eigenvalue weighted by Gasteiger charge is -2.16. The van der Waals surface area contributed by atoms with Gasteiger partial charge in [0.2, 0.25) is 11.8 Å². The van der Waals surface area contributed by atoms with Crippen molar-refractivity contribution in [3.63, 3.8) is 0 Å². The summed E-state index contributed by atoms with van der Waals surface area (Å²) < 4.78 is 40.0. The van der Waals surface area contributed by atoms with E-state index in [0.717, 1.165) is 17.7 Å². The number of hydrogen-bond donors (Lipinski definition) is 1. The number of rotatable bonds is 6. The minimum Gasteiger partial charge on any atom is -0.406 e. The Balaban J connectivity index is 1.84. The average Bonchev–Trinajstić information content (AvgIpc) is 3.00. The highest BCUT2D eigenvalue weighted by atomic mass is 32.1. The number of nitrogens with one attached hydrogen (secondary N) is 1. The van der Waals surface area contributed by atoms with Crippen molar-refractivity contribution < 1.29 is 27.5 Å². The van der Waals surface area contributed by atoms with Crippen LogP contribution in [0, 0.1) is 0 Å². The Morgan fingerprint density at radius 3 is 2.44 bits per heavy atom. The van der Waals surface area contributed by atoms with E-state index in [-0.39, 0.29) is 24.6 Å². The molecule has 5 nitrogen and oxygen atoms in total. The van der Waals surface area contributed by atoms with Gasteiger partial charge >= 0.3 is 6.36 Å². The van der Waals surface area contributed by atoms with Crippen LogP contribution in [0.5, 0.6) is 5.75 Å². The Kier molecular flexibility index (Phi) is 6.02. The maximum absolute atomic E-state index is 12.1. The first kappa shape index (κ1) is 18.8. The fraction of sp³-hybridized carbons (Fsp3) is 0.250. The fourth-order valence-corrected chi connectivity index (χ4v) is 2.62. The van der Waals surface area contributed by atoms with Crippen LogP contribution in [0.4, 0.5) is 18.9 Å². The summed E-state index contributed by atoms with van der Waals surface area (Å²) in [5.74, 6) is -1.04. The summed E-state index contributed by atoms with van der Waals surface area (Å²) in [5.41, 5.74) is 1.18. The molecule has 1 aromatic heterocycles. The molecule has 1 aromatic carbocycles. The van der Waals surface area contributed by atoms with E-state index in [1.807, 2.05) is 16.8 Å². The van der Waals surface area contributed by atoms with Gasteiger partial charge in [-0.1, -0.05) is 0 Å². The van der Waals surface area contributed by atoms with Gasteiger partial charge in [0.15, 0.2) is 0 Å². The molecule has 25 heavy (non-hydrogen) atoms. The molecule has 0 aliphatic carbocycles. The Bertz CT molecular complexity index is 715. The molecule has 2 rings (SSSR count). The summed E-state index contributed by atoms with van der Waals surface area (Å²) in [4.78, 5) is 25.2. The van der Waals surface area contributed by atoms with Gasteiger partial charge in [0, 0.05) is 12.7 Å². The van der Waals surface area contributed by atoms with E-state index in [1.165, 1.54) is 35.4 Å². The summed E-state index contributed by atoms with van der Waals surface area (Å²) in [6.07, 6.45) is -4.56. The summed E-state index contributed by atoms with van der Waals surface area (Å²) in [5, 5.41) is 6.23. The van der Waals surface area contributed by atoms with Crippen LogP contribution in [0.1, 0.15) is 5.56 Å². The SMILES string of the molecule is CN(CC(=O)Nc1ccc(OC(F)(F)F)cc1)C(=O)Cc1ccsc1. The number of carbonyl (C=O) groups is 2. The predicted molar refractivity (Wildman–Crippen MR) is 87.4 cm³/mol. The third-order valence-corrected chi connectivity index (χ3v) is 3.85. The van der Waals surface area contributed by atoms with Crippen molar-refractivity contribution in [1.82, 2.24) is 4.90 Å². The number of alkyl halides is 3. The van der Waals surface area contributed by atoms with Crippen LogP contribution < -0.4 is 10.1 Å². The van der Waals surface area contributed by atoms with Crippen molar-refractivity contribution >= 4 is 28.8 Å². The van der Waals surface area contributed by atoms with Crippen molar-refractivity contribution in [3.05, 3.63) is 46.7 Å². The molecule has 0 saturated carbocycles. The van der Waals surface area contributed by atoms with Gasteiger partial charge in [-0.15, -0.1) is 13.2 Å². The second kappa shape index (κ2) is 8.02. The third kappa shape index (κ3) is 6.46. The van der Waals surface area contributed by atoms with E-state index < -0.39 is 12.3 Å². The van der Waals surface area contributed by atoms with Crippen LogP contribution in [0.15, 0.2) is 41.1 Å². The van der Waals surface area contributed by atoms with E-state index >= 15 is 0 Å². The second-order valence-corrected chi connectivity index (χ2v) is 5.96. The van der Waals surface area contributed by atoms with Crippen LogP contribution in [0.25, 0.3) is 0 Å². The quantitative estimate of drug-likeness (QED) is 0.847. The van der Waals surface area contributed by atoms with Crippen LogP contribution in [0.3, 0.4) is 0 Å². The van der Waals surface area contributed by atoms with E-state index in [4.69, 9.17) is 0 Å². The standard InChI is InChI=1S/C16H15F3N2O3S/c1-21(15(23)8-11-6-7-25-10-11)9-14(22)20-12-2-4-13(5-3-12)24-16(17,18)19/h2-7,10H,8-9H2,1H3,(H,20,22). The zero-order chi connectivity index (χ0) is 18.4. The molecule has 0 bridgehead atoms. The lowest BCUT2D eigenvalue weighted by Crippen LogP contribution is -2.35. The minimum absolute atomic E-state index is 0.163. The Hall–Kier alpha value is -2.55. The van der Waals surface area contributed by atoms with Crippen molar-refractivity contribution in [3.8, 4) is 5.75 Å². The summed E-state index contributed by atoms with van der Waals surface area (Å²) in [6, 6.07) is 6.59. The van der Waals surface area contributed by atoms with Crippen LogP contribution in [0.2, 0.25) is 0 Å². The van der Waals surface area contributed by atoms with Crippen LogP contribution in [-0.4, -0.2) is 36.7 Å². The van der Waals surface area contributed by atoms with Crippen molar-refractivity contribution in [2.24, 2.45) is 0 Å². The molecule has 0 spiro atoms. The molecule has 2 amide bonds. The van der Waals surface area contributed by atoms with Gasteiger partial charge in [-0.2, -0.15) is 11.3 Å². The average molecular weight is 372 g/mol. The van der Waals surface area contributed by atoms with E-state index in [2.05, 4.69) is 10.1 Å². The molecule has 0 radical (unpaired) electrons. The Labute approximate surface area is 146 Å². The molecule has 134 valence electrons.